The molecule has 0 fully saturated rings. The molecule has 0 aromatic rings. The second kappa shape index (κ2) is 5.96. The van der Waals surface area contributed by atoms with Crippen molar-refractivity contribution >= 4 is 15.9 Å². The van der Waals surface area contributed by atoms with Gasteiger partial charge in [-0.1, -0.05) is 41.4 Å². The highest BCUT2D eigenvalue weighted by atomic mass is 79.9. The summed E-state index contributed by atoms with van der Waals surface area (Å²) >= 11 is 3.46. The molecule has 0 rings (SSSR count). The van der Waals surface area contributed by atoms with Gasteiger partial charge in [-0.05, 0) is 25.7 Å². The molecule has 0 aromatic heterocycles. The number of hydrogen-bond donors (Lipinski definition) is 0. The SMILES string of the molecule is CCC(C)=CCC(C)CBr. The second-order valence-electron chi connectivity index (χ2n) is 2.90. The van der Waals surface area contributed by atoms with E-state index in [1.54, 1.807) is 0 Å². The second-order valence-corrected chi connectivity index (χ2v) is 3.55. The Morgan fingerprint density at radius 2 is 2.20 bits per heavy atom. The fourth-order valence-corrected chi connectivity index (χ4v) is 0.874. The average molecular weight is 205 g/mol. The molecule has 0 nitrogen and oxygen atoms in total. The Hall–Kier alpha value is 0.220. The van der Waals surface area contributed by atoms with Gasteiger partial charge in [0.1, 0.15) is 0 Å². The van der Waals surface area contributed by atoms with E-state index >= 15 is 0 Å². The van der Waals surface area contributed by atoms with Crippen molar-refractivity contribution in [2.75, 3.05) is 5.33 Å². The van der Waals surface area contributed by atoms with Gasteiger partial charge in [0.05, 0.1) is 0 Å². The lowest BCUT2D eigenvalue weighted by atomic mass is 10.1. The maximum absolute atomic E-state index is 3.46. The van der Waals surface area contributed by atoms with E-state index < -0.39 is 0 Å². The predicted molar refractivity (Wildman–Crippen MR) is 51.6 cm³/mol. The van der Waals surface area contributed by atoms with Crippen LogP contribution in [0.5, 0.6) is 0 Å². The van der Waals surface area contributed by atoms with E-state index in [1.807, 2.05) is 0 Å². The lowest BCUT2D eigenvalue weighted by Crippen LogP contribution is -1.92. The maximum Gasteiger partial charge on any atom is 0.00599 e. The lowest BCUT2D eigenvalue weighted by molar-refractivity contribution is 0.676. The zero-order chi connectivity index (χ0) is 7.98. The van der Waals surface area contributed by atoms with Crippen molar-refractivity contribution in [3.63, 3.8) is 0 Å². The van der Waals surface area contributed by atoms with E-state index in [2.05, 4.69) is 42.8 Å². The van der Waals surface area contributed by atoms with Crippen LogP contribution in [0.3, 0.4) is 0 Å². The maximum atomic E-state index is 3.46. The first-order chi connectivity index (χ1) is 4.70. The summed E-state index contributed by atoms with van der Waals surface area (Å²) in [4.78, 5) is 0. The minimum atomic E-state index is 0.779. The molecule has 0 aliphatic rings. The molecule has 0 aliphatic carbocycles. The number of hydrogen-bond acceptors (Lipinski definition) is 0. The van der Waals surface area contributed by atoms with Crippen LogP contribution in [0.2, 0.25) is 0 Å². The van der Waals surface area contributed by atoms with E-state index in [1.165, 1.54) is 18.4 Å². The van der Waals surface area contributed by atoms with Gasteiger partial charge in [-0.2, -0.15) is 0 Å². The number of allylic oxidation sites excluding steroid dienone is 2. The Morgan fingerprint density at radius 1 is 1.60 bits per heavy atom. The molecular formula is C9H17Br. The van der Waals surface area contributed by atoms with Crippen molar-refractivity contribution in [1.29, 1.82) is 0 Å². The third-order valence-electron chi connectivity index (χ3n) is 1.69. The number of halogens is 1. The van der Waals surface area contributed by atoms with Crippen molar-refractivity contribution < 1.29 is 0 Å². The van der Waals surface area contributed by atoms with Gasteiger partial charge in [0.25, 0.3) is 0 Å². The Bertz CT molecular complexity index is 105. The largest absolute Gasteiger partial charge is 0.0925 e. The molecule has 0 saturated carbocycles. The van der Waals surface area contributed by atoms with Crippen LogP contribution in [0.25, 0.3) is 0 Å². The fraction of sp³-hybridized carbons (Fsp3) is 0.778. The summed E-state index contributed by atoms with van der Waals surface area (Å²) in [6.45, 7) is 6.65. The summed E-state index contributed by atoms with van der Waals surface area (Å²) in [5.74, 6) is 0.779. The molecule has 1 heteroatoms. The van der Waals surface area contributed by atoms with E-state index in [0.29, 0.717) is 0 Å². The Morgan fingerprint density at radius 3 is 2.60 bits per heavy atom. The summed E-state index contributed by atoms with van der Waals surface area (Å²) in [7, 11) is 0. The summed E-state index contributed by atoms with van der Waals surface area (Å²) in [5.41, 5.74) is 1.51. The van der Waals surface area contributed by atoms with Crippen molar-refractivity contribution in [1.82, 2.24) is 0 Å². The quantitative estimate of drug-likeness (QED) is 0.484. The minimum absolute atomic E-state index is 0.779. The molecule has 1 unspecified atom stereocenters. The summed E-state index contributed by atoms with van der Waals surface area (Å²) in [6.07, 6.45) is 4.74. The zero-order valence-corrected chi connectivity index (χ0v) is 8.74. The molecule has 10 heavy (non-hydrogen) atoms. The van der Waals surface area contributed by atoms with E-state index in [-0.39, 0.29) is 0 Å². The first-order valence-corrected chi connectivity index (χ1v) is 5.04. The number of alkyl halides is 1. The normalized spacial score (nSPS) is 15.4. The molecule has 0 heterocycles. The first kappa shape index (κ1) is 10.2. The smallest absolute Gasteiger partial charge is 0.00599 e. The van der Waals surface area contributed by atoms with Crippen LogP contribution in [-0.4, -0.2) is 5.33 Å². The number of rotatable bonds is 4. The van der Waals surface area contributed by atoms with Gasteiger partial charge in [0, 0.05) is 5.33 Å². The van der Waals surface area contributed by atoms with Gasteiger partial charge in [-0.15, -0.1) is 0 Å². The summed E-state index contributed by atoms with van der Waals surface area (Å²) < 4.78 is 0. The standard InChI is InChI=1S/C9H17Br/c1-4-8(2)5-6-9(3)7-10/h5,9H,4,6-7H2,1-3H3. The van der Waals surface area contributed by atoms with Crippen molar-refractivity contribution in [3.8, 4) is 0 Å². The highest BCUT2D eigenvalue weighted by Gasteiger charge is 1.95. The first-order valence-electron chi connectivity index (χ1n) is 3.92. The van der Waals surface area contributed by atoms with Gasteiger partial charge in [0.15, 0.2) is 0 Å². The van der Waals surface area contributed by atoms with Crippen LogP contribution in [0, 0.1) is 5.92 Å². The van der Waals surface area contributed by atoms with Gasteiger partial charge in [-0.3, -0.25) is 0 Å². The molecule has 1 atom stereocenters. The third kappa shape index (κ3) is 5.04. The molecule has 0 aromatic carbocycles. The van der Waals surface area contributed by atoms with E-state index in [4.69, 9.17) is 0 Å². The highest BCUT2D eigenvalue weighted by Crippen LogP contribution is 2.09. The molecule has 0 spiro atoms. The monoisotopic (exact) mass is 204 g/mol. The van der Waals surface area contributed by atoms with Crippen LogP contribution < -0.4 is 0 Å². The van der Waals surface area contributed by atoms with Crippen LogP contribution in [0.1, 0.15) is 33.6 Å². The summed E-state index contributed by atoms with van der Waals surface area (Å²) in [6, 6.07) is 0. The molecular weight excluding hydrogens is 188 g/mol. The van der Waals surface area contributed by atoms with E-state index in [9.17, 15) is 0 Å². The Labute approximate surface area is 72.8 Å². The van der Waals surface area contributed by atoms with Crippen LogP contribution in [0.15, 0.2) is 11.6 Å². The van der Waals surface area contributed by atoms with Crippen molar-refractivity contribution in [2.24, 2.45) is 5.92 Å². The highest BCUT2D eigenvalue weighted by molar-refractivity contribution is 9.09. The van der Waals surface area contributed by atoms with Crippen molar-refractivity contribution in [3.05, 3.63) is 11.6 Å². The molecule has 60 valence electrons. The van der Waals surface area contributed by atoms with Crippen LogP contribution in [-0.2, 0) is 0 Å². The fourth-order valence-electron chi connectivity index (χ4n) is 0.610. The average Bonchev–Trinajstić information content (AvgIpc) is 1.99. The lowest BCUT2D eigenvalue weighted by Gasteiger charge is -2.02. The van der Waals surface area contributed by atoms with Gasteiger partial charge >= 0.3 is 0 Å². The Balaban J connectivity index is 3.50. The predicted octanol–water partition coefficient (Wildman–Crippen LogP) is 3.76. The van der Waals surface area contributed by atoms with Gasteiger partial charge < -0.3 is 0 Å². The molecule has 0 saturated heterocycles. The molecule has 0 N–H and O–H groups in total. The minimum Gasteiger partial charge on any atom is -0.0925 e. The van der Waals surface area contributed by atoms with Gasteiger partial charge in [-0.25, -0.2) is 0 Å². The zero-order valence-electron chi connectivity index (χ0n) is 7.15. The molecule has 0 radical (unpaired) electrons. The molecule has 0 aliphatic heterocycles. The van der Waals surface area contributed by atoms with E-state index in [0.717, 1.165) is 11.2 Å². The Kier molecular flexibility index (Phi) is 6.10. The van der Waals surface area contributed by atoms with Gasteiger partial charge in [0.2, 0.25) is 0 Å². The van der Waals surface area contributed by atoms with Crippen LogP contribution >= 0.6 is 15.9 Å². The molecule has 0 amide bonds. The third-order valence-corrected chi connectivity index (χ3v) is 2.80. The summed E-state index contributed by atoms with van der Waals surface area (Å²) in [5, 5.41) is 1.11. The van der Waals surface area contributed by atoms with Crippen molar-refractivity contribution in [2.45, 2.75) is 33.6 Å². The molecule has 0 bridgehead atoms. The topological polar surface area (TPSA) is 0 Å². The van der Waals surface area contributed by atoms with Crippen LogP contribution in [0.4, 0.5) is 0 Å².